The van der Waals surface area contributed by atoms with E-state index in [1.807, 2.05) is 0 Å². The average Bonchev–Trinajstić information content (AvgIpc) is 2.28. The third kappa shape index (κ3) is 4.06. The Bertz CT molecular complexity index is 182. The van der Waals surface area contributed by atoms with Gasteiger partial charge in [-0.25, -0.2) is 0 Å². The van der Waals surface area contributed by atoms with E-state index < -0.39 is 0 Å². The van der Waals surface area contributed by atoms with Gasteiger partial charge in [-0.1, -0.05) is 27.2 Å². The molecular formula is C14H29NO. The number of hydrogen-bond donors (Lipinski definition) is 1. The van der Waals surface area contributed by atoms with Crippen molar-refractivity contribution in [3.05, 3.63) is 0 Å². The fourth-order valence-electron chi connectivity index (χ4n) is 2.82. The SMILES string of the molecule is CCCCN(CCO)C1CCC(C)C(C)C1. The van der Waals surface area contributed by atoms with Crippen LogP contribution in [0.1, 0.15) is 52.9 Å². The van der Waals surface area contributed by atoms with Crippen molar-refractivity contribution in [3.8, 4) is 0 Å². The minimum absolute atomic E-state index is 0.310. The van der Waals surface area contributed by atoms with E-state index >= 15 is 0 Å². The predicted octanol–water partition coefficient (Wildman–Crippen LogP) is 2.91. The molecule has 16 heavy (non-hydrogen) atoms. The number of hydrogen-bond acceptors (Lipinski definition) is 2. The van der Waals surface area contributed by atoms with E-state index in [0.717, 1.165) is 24.4 Å². The van der Waals surface area contributed by atoms with Gasteiger partial charge in [-0.2, -0.15) is 0 Å². The Labute approximate surface area is 101 Å². The molecule has 0 amide bonds. The maximum atomic E-state index is 9.14. The Balaban J connectivity index is 2.43. The number of rotatable bonds is 6. The lowest BCUT2D eigenvalue weighted by atomic mass is 9.78. The lowest BCUT2D eigenvalue weighted by Gasteiger charge is -2.39. The monoisotopic (exact) mass is 227 g/mol. The molecule has 1 rings (SSSR count). The van der Waals surface area contributed by atoms with E-state index in [-0.39, 0.29) is 0 Å². The Morgan fingerprint density at radius 2 is 1.88 bits per heavy atom. The van der Waals surface area contributed by atoms with Gasteiger partial charge in [0.05, 0.1) is 6.61 Å². The normalized spacial score (nSPS) is 30.9. The van der Waals surface area contributed by atoms with E-state index in [1.54, 1.807) is 0 Å². The Morgan fingerprint density at radius 3 is 2.44 bits per heavy atom. The van der Waals surface area contributed by atoms with Crippen LogP contribution in [0.2, 0.25) is 0 Å². The zero-order valence-corrected chi connectivity index (χ0v) is 11.3. The van der Waals surface area contributed by atoms with Crippen molar-refractivity contribution in [2.24, 2.45) is 11.8 Å². The molecule has 1 N–H and O–H groups in total. The highest BCUT2D eigenvalue weighted by molar-refractivity contribution is 4.81. The highest BCUT2D eigenvalue weighted by Crippen LogP contribution is 2.32. The Morgan fingerprint density at radius 1 is 1.12 bits per heavy atom. The van der Waals surface area contributed by atoms with Crippen molar-refractivity contribution in [2.45, 2.75) is 58.9 Å². The van der Waals surface area contributed by atoms with Crippen molar-refractivity contribution < 1.29 is 5.11 Å². The van der Waals surface area contributed by atoms with Crippen LogP contribution in [0, 0.1) is 11.8 Å². The van der Waals surface area contributed by atoms with E-state index in [2.05, 4.69) is 25.7 Å². The largest absolute Gasteiger partial charge is 0.395 e. The van der Waals surface area contributed by atoms with Crippen molar-refractivity contribution in [1.82, 2.24) is 4.90 Å². The first kappa shape index (κ1) is 14.0. The quantitative estimate of drug-likeness (QED) is 0.754. The highest BCUT2D eigenvalue weighted by Gasteiger charge is 2.27. The van der Waals surface area contributed by atoms with E-state index in [4.69, 9.17) is 5.11 Å². The van der Waals surface area contributed by atoms with Crippen LogP contribution in [0.3, 0.4) is 0 Å². The van der Waals surface area contributed by atoms with Crippen LogP contribution in [-0.2, 0) is 0 Å². The topological polar surface area (TPSA) is 23.5 Å². The summed E-state index contributed by atoms with van der Waals surface area (Å²) in [4.78, 5) is 2.52. The molecule has 0 aliphatic heterocycles. The van der Waals surface area contributed by atoms with Gasteiger partial charge in [0.2, 0.25) is 0 Å². The molecule has 0 aromatic carbocycles. The van der Waals surface area contributed by atoms with Crippen LogP contribution in [0.15, 0.2) is 0 Å². The molecule has 96 valence electrons. The van der Waals surface area contributed by atoms with Gasteiger partial charge in [-0.05, 0) is 44.1 Å². The summed E-state index contributed by atoms with van der Waals surface area (Å²) in [6.45, 7) is 9.35. The molecule has 0 radical (unpaired) electrons. The first-order valence-corrected chi connectivity index (χ1v) is 7.04. The van der Waals surface area contributed by atoms with Crippen LogP contribution >= 0.6 is 0 Å². The van der Waals surface area contributed by atoms with Crippen LogP contribution in [0.5, 0.6) is 0 Å². The Kier molecular flexibility index (Phi) is 6.37. The highest BCUT2D eigenvalue weighted by atomic mass is 16.3. The summed E-state index contributed by atoms with van der Waals surface area (Å²) in [5.74, 6) is 1.74. The molecule has 2 nitrogen and oxygen atoms in total. The van der Waals surface area contributed by atoms with Crippen molar-refractivity contribution in [1.29, 1.82) is 0 Å². The smallest absolute Gasteiger partial charge is 0.0558 e. The molecule has 3 unspecified atom stereocenters. The number of aliphatic hydroxyl groups excluding tert-OH is 1. The van der Waals surface area contributed by atoms with Gasteiger partial charge in [0.15, 0.2) is 0 Å². The molecule has 1 saturated carbocycles. The second kappa shape index (κ2) is 7.29. The maximum absolute atomic E-state index is 9.14. The fraction of sp³-hybridized carbons (Fsp3) is 1.00. The van der Waals surface area contributed by atoms with Gasteiger partial charge in [-0.3, -0.25) is 4.90 Å². The summed E-state index contributed by atoms with van der Waals surface area (Å²) >= 11 is 0. The minimum atomic E-state index is 0.310. The minimum Gasteiger partial charge on any atom is -0.395 e. The second-order valence-electron chi connectivity index (χ2n) is 5.53. The van der Waals surface area contributed by atoms with Crippen LogP contribution in [-0.4, -0.2) is 35.7 Å². The predicted molar refractivity (Wildman–Crippen MR) is 69.5 cm³/mol. The van der Waals surface area contributed by atoms with Crippen molar-refractivity contribution in [3.63, 3.8) is 0 Å². The van der Waals surface area contributed by atoms with Gasteiger partial charge in [0, 0.05) is 12.6 Å². The van der Waals surface area contributed by atoms with Crippen LogP contribution in [0.25, 0.3) is 0 Å². The molecule has 1 aliphatic rings. The molecule has 1 aliphatic carbocycles. The van der Waals surface area contributed by atoms with Gasteiger partial charge in [0.1, 0.15) is 0 Å². The molecule has 0 aromatic heterocycles. The second-order valence-corrected chi connectivity index (χ2v) is 5.53. The molecule has 0 bridgehead atoms. The summed E-state index contributed by atoms with van der Waals surface area (Å²) in [6, 6.07) is 0.727. The molecule has 0 heterocycles. The molecule has 0 spiro atoms. The standard InChI is InChI=1S/C14H29NO/c1-4-5-8-15(9-10-16)14-7-6-12(2)13(3)11-14/h12-14,16H,4-11H2,1-3H3. The summed E-state index contributed by atoms with van der Waals surface area (Å²) in [5.41, 5.74) is 0. The lowest BCUT2D eigenvalue weighted by Crippen LogP contribution is -2.42. The third-order valence-electron chi connectivity index (χ3n) is 4.27. The number of nitrogens with zero attached hydrogens (tertiary/aromatic N) is 1. The van der Waals surface area contributed by atoms with Gasteiger partial charge in [-0.15, -0.1) is 0 Å². The molecule has 0 aromatic rings. The molecule has 3 atom stereocenters. The first-order valence-electron chi connectivity index (χ1n) is 7.04. The summed E-state index contributed by atoms with van der Waals surface area (Å²) in [5, 5.41) is 9.14. The van der Waals surface area contributed by atoms with Gasteiger partial charge < -0.3 is 5.11 Å². The Hall–Kier alpha value is -0.0800. The fourth-order valence-corrected chi connectivity index (χ4v) is 2.82. The van der Waals surface area contributed by atoms with E-state index in [1.165, 1.54) is 38.6 Å². The zero-order chi connectivity index (χ0) is 12.0. The van der Waals surface area contributed by atoms with Crippen LogP contribution < -0.4 is 0 Å². The summed E-state index contributed by atoms with van der Waals surface area (Å²) in [7, 11) is 0. The molecular weight excluding hydrogens is 198 g/mol. The zero-order valence-electron chi connectivity index (χ0n) is 11.3. The lowest BCUT2D eigenvalue weighted by molar-refractivity contribution is 0.0889. The van der Waals surface area contributed by atoms with E-state index in [9.17, 15) is 0 Å². The van der Waals surface area contributed by atoms with Crippen molar-refractivity contribution >= 4 is 0 Å². The molecule has 0 saturated heterocycles. The first-order chi connectivity index (χ1) is 7.69. The number of aliphatic hydroxyl groups is 1. The maximum Gasteiger partial charge on any atom is 0.0558 e. The van der Waals surface area contributed by atoms with Crippen LogP contribution in [0.4, 0.5) is 0 Å². The summed E-state index contributed by atoms with van der Waals surface area (Å²) < 4.78 is 0. The van der Waals surface area contributed by atoms with Gasteiger partial charge in [0.25, 0.3) is 0 Å². The van der Waals surface area contributed by atoms with Gasteiger partial charge >= 0.3 is 0 Å². The van der Waals surface area contributed by atoms with Crippen molar-refractivity contribution in [2.75, 3.05) is 19.7 Å². The average molecular weight is 227 g/mol. The number of unbranched alkanes of at least 4 members (excludes halogenated alkanes) is 1. The van der Waals surface area contributed by atoms with E-state index in [0.29, 0.717) is 6.61 Å². The summed E-state index contributed by atoms with van der Waals surface area (Å²) in [6.07, 6.45) is 6.53. The molecule has 1 fully saturated rings. The third-order valence-corrected chi connectivity index (χ3v) is 4.27. The molecule has 2 heteroatoms.